The smallest absolute Gasteiger partial charge is 0.237 e. The van der Waals surface area contributed by atoms with Crippen LogP contribution < -0.4 is 5.73 Å². The zero-order valence-corrected chi connectivity index (χ0v) is 16.2. The van der Waals surface area contributed by atoms with Crippen LogP contribution in [-0.4, -0.2) is 33.7 Å². The molecule has 0 spiro atoms. The highest BCUT2D eigenvalue weighted by Crippen LogP contribution is 2.28. The Labute approximate surface area is 172 Å². The lowest BCUT2D eigenvalue weighted by molar-refractivity contribution is -0.125. The van der Waals surface area contributed by atoms with E-state index in [1.807, 2.05) is 18.2 Å². The SMILES string of the molecule is N#Cc1ccc(CN(Cc2cc(-c3ccccc3Cl)on2)C(CO)C(N)=O)cc1. The molecule has 0 aliphatic carbocycles. The molecule has 1 aromatic heterocycles. The number of hydrogen-bond donors (Lipinski definition) is 2. The van der Waals surface area contributed by atoms with Crippen LogP contribution >= 0.6 is 11.6 Å². The molecule has 148 valence electrons. The molecule has 0 saturated carbocycles. The lowest BCUT2D eigenvalue weighted by atomic mass is 10.1. The average molecular weight is 411 g/mol. The molecule has 1 heterocycles. The van der Waals surface area contributed by atoms with Gasteiger partial charge in [-0.1, -0.05) is 41.0 Å². The summed E-state index contributed by atoms with van der Waals surface area (Å²) in [5.41, 5.74) is 8.14. The van der Waals surface area contributed by atoms with Gasteiger partial charge in [0.05, 0.1) is 29.0 Å². The van der Waals surface area contributed by atoms with E-state index in [1.165, 1.54) is 0 Å². The third-order valence-electron chi connectivity index (χ3n) is 4.47. The van der Waals surface area contributed by atoms with E-state index in [1.54, 1.807) is 41.3 Å². The molecule has 1 atom stereocenters. The summed E-state index contributed by atoms with van der Waals surface area (Å²) in [5, 5.41) is 23.2. The largest absolute Gasteiger partial charge is 0.394 e. The predicted molar refractivity (Wildman–Crippen MR) is 107 cm³/mol. The number of halogens is 1. The van der Waals surface area contributed by atoms with Crippen LogP contribution in [0, 0.1) is 11.3 Å². The standard InChI is InChI=1S/C21H19ClN4O3/c22-18-4-2-1-3-17(18)20-9-16(25-29-20)12-26(19(13-27)21(24)28)11-15-7-5-14(10-23)6-8-15/h1-9,19,27H,11-13H2,(H2,24,28). The number of aliphatic hydroxyl groups excluding tert-OH is 1. The van der Waals surface area contributed by atoms with Crippen LogP contribution in [0.2, 0.25) is 5.02 Å². The van der Waals surface area contributed by atoms with E-state index in [4.69, 9.17) is 27.1 Å². The maximum Gasteiger partial charge on any atom is 0.237 e. The van der Waals surface area contributed by atoms with Gasteiger partial charge in [-0.2, -0.15) is 5.26 Å². The van der Waals surface area contributed by atoms with Crippen molar-refractivity contribution in [2.75, 3.05) is 6.61 Å². The van der Waals surface area contributed by atoms with Crippen LogP contribution in [0.5, 0.6) is 0 Å². The second-order valence-corrected chi connectivity index (χ2v) is 6.88. The molecule has 1 unspecified atom stereocenters. The Hall–Kier alpha value is -3.18. The summed E-state index contributed by atoms with van der Waals surface area (Å²) in [7, 11) is 0. The van der Waals surface area contributed by atoms with E-state index < -0.39 is 18.6 Å². The summed E-state index contributed by atoms with van der Waals surface area (Å²) in [4.78, 5) is 13.5. The fourth-order valence-corrected chi connectivity index (χ4v) is 3.19. The molecule has 3 N–H and O–H groups in total. The molecule has 7 nitrogen and oxygen atoms in total. The van der Waals surface area contributed by atoms with Gasteiger partial charge in [-0.15, -0.1) is 0 Å². The first-order valence-electron chi connectivity index (χ1n) is 8.85. The highest BCUT2D eigenvalue weighted by molar-refractivity contribution is 6.33. The lowest BCUT2D eigenvalue weighted by Crippen LogP contribution is -2.46. The van der Waals surface area contributed by atoms with Crippen LogP contribution in [0.3, 0.4) is 0 Å². The van der Waals surface area contributed by atoms with Gasteiger partial charge in [-0.25, -0.2) is 0 Å². The number of benzene rings is 2. The minimum Gasteiger partial charge on any atom is -0.394 e. The van der Waals surface area contributed by atoms with Crippen molar-refractivity contribution in [3.8, 4) is 17.4 Å². The quantitative estimate of drug-likeness (QED) is 0.589. The van der Waals surface area contributed by atoms with Crippen molar-refractivity contribution in [3.63, 3.8) is 0 Å². The van der Waals surface area contributed by atoms with E-state index in [0.717, 1.165) is 5.56 Å². The van der Waals surface area contributed by atoms with Gasteiger partial charge in [0, 0.05) is 24.7 Å². The number of aliphatic hydroxyl groups is 1. The Morgan fingerprint density at radius 2 is 1.97 bits per heavy atom. The van der Waals surface area contributed by atoms with Crippen molar-refractivity contribution in [1.82, 2.24) is 10.1 Å². The number of primary amides is 1. The fraction of sp³-hybridized carbons (Fsp3) is 0.190. The first-order chi connectivity index (χ1) is 14.0. The topological polar surface area (TPSA) is 116 Å². The molecule has 29 heavy (non-hydrogen) atoms. The Morgan fingerprint density at radius 1 is 1.24 bits per heavy atom. The van der Waals surface area contributed by atoms with Gasteiger partial charge in [0.1, 0.15) is 6.04 Å². The van der Waals surface area contributed by atoms with Crippen molar-refractivity contribution in [1.29, 1.82) is 5.26 Å². The molecule has 0 saturated heterocycles. The number of rotatable bonds is 8. The molecule has 8 heteroatoms. The number of nitrogens with two attached hydrogens (primary N) is 1. The van der Waals surface area contributed by atoms with Crippen LogP contribution in [0.15, 0.2) is 59.1 Å². The van der Waals surface area contributed by atoms with Crippen LogP contribution in [0.4, 0.5) is 0 Å². The molecule has 0 radical (unpaired) electrons. The second kappa shape index (κ2) is 9.34. The summed E-state index contributed by atoms with van der Waals surface area (Å²) in [6.07, 6.45) is 0. The summed E-state index contributed by atoms with van der Waals surface area (Å²) in [6.45, 7) is 0.122. The van der Waals surface area contributed by atoms with Gasteiger partial charge >= 0.3 is 0 Å². The molecule has 3 aromatic rings. The summed E-state index contributed by atoms with van der Waals surface area (Å²) in [5.74, 6) is -0.139. The zero-order chi connectivity index (χ0) is 20.8. The average Bonchev–Trinajstić information content (AvgIpc) is 3.17. The number of carbonyl (C=O) groups is 1. The molecule has 0 aliphatic rings. The fourth-order valence-electron chi connectivity index (χ4n) is 2.96. The molecule has 1 amide bonds. The van der Waals surface area contributed by atoms with Crippen LogP contribution in [0.1, 0.15) is 16.8 Å². The molecule has 3 rings (SSSR count). The third-order valence-corrected chi connectivity index (χ3v) is 4.80. The van der Waals surface area contributed by atoms with Gasteiger partial charge in [0.15, 0.2) is 5.76 Å². The first-order valence-corrected chi connectivity index (χ1v) is 9.23. The van der Waals surface area contributed by atoms with E-state index in [9.17, 15) is 9.90 Å². The summed E-state index contributed by atoms with van der Waals surface area (Å²) in [6, 6.07) is 17.1. The highest BCUT2D eigenvalue weighted by atomic mass is 35.5. The van der Waals surface area contributed by atoms with Crippen molar-refractivity contribution in [2.45, 2.75) is 19.1 Å². The number of carbonyl (C=O) groups excluding carboxylic acids is 1. The van der Waals surface area contributed by atoms with Crippen LogP contribution in [0.25, 0.3) is 11.3 Å². The minimum absolute atomic E-state index is 0.224. The third kappa shape index (κ3) is 5.00. The van der Waals surface area contributed by atoms with E-state index >= 15 is 0 Å². The number of nitrogens with zero attached hydrogens (tertiary/aromatic N) is 3. The minimum atomic E-state index is -0.897. The van der Waals surface area contributed by atoms with Crippen molar-refractivity contribution in [2.24, 2.45) is 5.73 Å². The zero-order valence-electron chi connectivity index (χ0n) is 15.5. The number of aromatic nitrogens is 1. The lowest BCUT2D eigenvalue weighted by Gasteiger charge is -2.27. The Morgan fingerprint density at radius 3 is 2.59 bits per heavy atom. The Bertz CT molecular complexity index is 1030. The van der Waals surface area contributed by atoms with E-state index in [-0.39, 0.29) is 6.54 Å². The monoisotopic (exact) mass is 410 g/mol. The normalized spacial score (nSPS) is 11.9. The maximum absolute atomic E-state index is 11.8. The predicted octanol–water partition coefficient (Wildman–Crippen LogP) is 2.72. The van der Waals surface area contributed by atoms with Gasteiger partial charge in [0.2, 0.25) is 5.91 Å². The first kappa shape index (κ1) is 20.6. The van der Waals surface area contributed by atoms with Gasteiger partial charge in [-0.05, 0) is 29.8 Å². The molecule has 2 aromatic carbocycles. The molecule has 0 aliphatic heterocycles. The van der Waals surface area contributed by atoms with Crippen molar-refractivity contribution >= 4 is 17.5 Å². The number of nitriles is 1. The Kier molecular flexibility index (Phi) is 6.62. The van der Waals surface area contributed by atoms with Crippen molar-refractivity contribution < 1.29 is 14.4 Å². The van der Waals surface area contributed by atoms with Crippen LogP contribution in [-0.2, 0) is 17.9 Å². The summed E-state index contributed by atoms with van der Waals surface area (Å²) < 4.78 is 5.41. The van der Waals surface area contributed by atoms with Gasteiger partial charge in [0.25, 0.3) is 0 Å². The summed E-state index contributed by atoms with van der Waals surface area (Å²) >= 11 is 6.20. The molecular weight excluding hydrogens is 392 g/mol. The highest BCUT2D eigenvalue weighted by Gasteiger charge is 2.25. The number of amides is 1. The second-order valence-electron chi connectivity index (χ2n) is 6.48. The Balaban J connectivity index is 1.84. The van der Waals surface area contributed by atoms with Gasteiger partial charge < -0.3 is 15.4 Å². The van der Waals surface area contributed by atoms with E-state index in [2.05, 4.69) is 11.2 Å². The van der Waals surface area contributed by atoms with Gasteiger partial charge in [-0.3, -0.25) is 9.69 Å². The van der Waals surface area contributed by atoms with E-state index in [0.29, 0.717) is 34.1 Å². The molecular formula is C21H19ClN4O3. The number of hydrogen-bond acceptors (Lipinski definition) is 6. The molecule has 0 fully saturated rings. The van der Waals surface area contributed by atoms with Crippen molar-refractivity contribution in [3.05, 3.63) is 76.4 Å². The maximum atomic E-state index is 11.8. The molecule has 0 bridgehead atoms.